The Hall–Kier alpha value is -2.11. The number of nitro benzene ring substituents is 1. The Morgan fingerprint density at radius 3 is 2.94 bits per heavy atom. The summed E-state index contributed by atoms with van der Waals surface area (Å²) in [6.07, 6.45) is 0. The second kappa shape index (κ2) is 5.69. The van der Waals surface area contributed by atoms with Gasteiger partial charge in [0.05, 0.1) is 11.5 Å². The molecule has 0 aliphatic rings. The predicted octanol–water partition coefficient (Wildman–Crippen LogP) is 1.57. The first-order chi connectivity index (χ1) is 7.63. The van der Waals surface area contributed by atoms with Gasteiger partial charge in [0.2, 0.25) is 0 Å². The number of rotatable bonds is 5. The number of nitro groups is 1. The fourth-order valence-corrected chi connectivity index (χ4v) is 1.12. The van der Waals surface area contributed by atoms with Crippen LogP contribution in [0.4, 0.5) is 11.4 Å². The number of anilines is 1. The minimum Gasteiger partial charge on any atom is -0.465 e. The average molecular weight is 224 g/mol. The zero-order valence-corrected chi connectivity index (χ0v) is 8.80. The molecule has 0 fully saturated rings. The minimum absolute atomic E-state index is 0.00495. The molecule has 0 spiro atoms. The summed E-state index contributed by atoms with van der Waals surface area (Å²) in [4.78, 5) is 21.0. The summed E-state index contributed by atoms with van der Waals surface area (Å²) in [6, 6.07) is 5.94. The van der Waals surface area contributed by atoms with Gasteiger partial charge >= 0.3 is 5.97 Å². The van der Waals surface area contributed by atoms with E-state index in [0.717, 1.165) is 0 Å². The lowest BCUT2D eigenvalue weighted by Gasteiger charge is -2.05. The van der Waals surface area contributed by atoms with Crippen molar-refractivity contribution in [3.05, 3.63) is 34.4 Å². The van der Waals surface area contributed by atoms with Crippen molar-refractivity contribution in [1.29, 1.82) is 0 Å². The first kappa shape index (κ1) is 12.0. The van der Waals surface area contributed by atoms with Crippen LogP contribution in [0.15, 0.2) is 24.3 Å². The lowest BCUT2D eigenvalue weighted by Crippen LogP contribution is -2.16. The third-order valence-electron chi connectivity index (χ3n) is 1.80. The van der Waals surface area contributed by atoms with E-state index in [0.29, 0.717) is 12.3 Å². The van der Waals surface area contributed by atoms with Crippen molar-refractivity contribution >= 4 is 17.3 Å². The van der Waals surface area contributed by atoms with E-state index in [1.165, 1.54) is 12.1 Å². The van der Waals surface area contributed by atoms with E-state index in [2.05, 4.69) is 5.32 Å². The fourth-order valence-electron chi connectivity index (χ4n) is 1.12. The smallest absolute Gasteiger partial charge is 0.325 e. The number of carbonyl (C=O) groups is 1. The van der Waals surface area contributed by atoms with Crippen molar-refractivity contribution in [2.24, 2.45) is 0 Å². The molecule has 6 heteroatoms. The third-order valence-corrected chi connectivity index (χ3v) is 1.80. The minimum atomic E-state index is -0.491. The first-order valence-electron chi connectivity index (χ1n) is 4.77. The standard InChI is InChI=1S/C10H12N2O4/c1-2-16-10(13)7-11-8-4-3-5-9(6-8)12(14)15/h3-6,11H,2,7H2,1H3. The highest BCUT2D eigenvalue weighted by atomic mass is 16.6. The molecule has 0 amide bonds. The SMILES string of the molecule is CCOC(=O)CNc1cccc([N+](=O)[O-])c1. The van der Waals surface area contributed by atoms with Crippen molar-refractivity contribution in [2.45, 2.75) is 6.92 Å². The summed E-state index contributed by atoms with van der Waals surface area (Å²) < 4.78 is 4.71. The van der Waals surface area contributed by atoms with E-state index in [1.54, 1.807) is 19.1 Å². The summed E-state index contributed by atoms with van der Waals surface area (Å²) in [7, 11) is 0. The van der Waals surface area contributed by atoms with Crippen LogP contribution in [0.3, 0.4) is 0 Å². The number of nitrogens with zero attached hydrogens (tertiary/aromatic N) is 1. The van der Waals surface area contributed by atoms with Crippen molar-refractivity contribution in [3.63, 3.8) is 0 Å². The van der Waals surface area contributed by atoms with Gasteiger partial charge in [0.1, 0.15) is 6.54 Å². The molecule has 0 saturated carbocycles. The van der Waals surface area contributed by atoms with Crippen molar-refractivity contribution in [3.8, 4) is 0 Å². The summed E-state index contributed by atoms with van der Waals surface area (Å²) in [5, 5.41) is 13.2. The molecule has 0 radical (unpaired) electrons. The van der Waals surface area contributed by atoms with Crippen LogP contribution >= 0.6 is 0 Å². The van der Waals surface area contributed by atoms with Crippen molar-refractivity contribution in [1.82, 2.24) is 0 Å². The number of hydrogen-bond acceptors (Lipinski definition) is 5. The van der Waals surface area contributed by atoms with Gasteiger partial charge in [-0.2, -0.15) is 0 Å². The Kier molecular flexibility index (Phi) is 4.26. The van der Waals surface area contributed by atoms with Gasteiger partial charge in [-0.1, -0.05) is 6.07 Å². The second-order valence-electron chi connectivity index (χ2n) is 2.97. The maximum absolute atomic E-state index is 11.0. The molecular weight excluding hydrogens is 212 g/mol. The fraction of sp³-hybridized carbons (Fsp3) is 0.300. The van der Waals surface area contributed by atoms with Gasteiger partial charge in [0.15, 0.2) is 0 Å². The molecular formula is C10H12N2O4. The van der Waals surface area contributed by atoms with Gasteiger partial charge in [-0.05, 0) is 13.0 Å². The molecule has 16 heavy (non-hydrogen) atoms. The van der Waals surface area contributed by atoms with E-state index in [1.807, 2.05) is 0 Å². The molecule has 0 aliphatic heterocycles. The molecule has 0 aromatic heterocycles. The maximum Gasteiger partial charge on any atom is 0.325 e. The number of hydrogen-bond donors (Lipinski definition) is 1. The van der Waals surface area contributed by atoms with Crippen LogP contribution in [0, 0.1) is 10.1 Å². The molecule has 86 valence electrons. The van der Waals surface area contributed by atoms with E-state index < -0.39 is 10.9 Å². The van der Waals surface area contributed by atoms with E-state index in [9.17, 15) is 14.9 Å². The Bertz CT molecular complexity index is 392. The van der Waals surface area contributed by atoms with Gasteiger partial charge in [-0.15, -0.1) is 0 Å². The van der Waals surface area contributed by atoms with Gasteiger partial charge in [-0.3, -0.25) is 14.9 Å². The number of non-ortho nitro benzene ring substituents is 1. The third kappa shape index (κ3) is 3.56. The molecule has 1 N–H and O–H groups in total. The van der Waals surface area contributed by atoms with Gasteiger partial charge in [-0.25, -0.2) is 0 Å². The zero-order chi connectivity index (χ0) is 12.0. The van der Waals surface area contributed by atoms with Gasteiger partial charge in [0, 0.05) is 17.8 Å². The molecule has 0 atom stereocenters. The molecule has 0 unspecified atom stereocenters. The predicted molar refractivity (Wildman–Crippen MR) is 58.2 cm³/mol. The number of carbonyl (C=O) groups excluding carboxylic acids is 1. The largest absolute Gasteiger partial charge is 0.465 e. The number of ether oxygens (including phenoxy) is 1. The molecule has 1 rings (SSSR count). The molecule has 0 aliphatic carbocycles. The molecule has 6 nitrogen and oxygen atoms in total. The highest BCUT2D eigenvalue weighted by Gasteiger charge is 2.06. The average Bonchev–Trinajstić information content (AvgIpc) is 2.27. The zero-order valence-electron chi connectivity index (χ0n) is 8.80. The number of nitrogens with one attached hydrogen (secondary N) is 1. The Morgan fingerprint density at radius 2 is 2.31 bits per heavy atom. The van der Waals surface area contributed by atoms with Crippen LogP contribution in [0.2, 0.25) is 0 Å². The van der Waals surface area contributed by atoms with E-state index in [-0.39, 0.29) is 12.2 Å². The lowest BCUT2D eigenvalue weighted by molar-refractivity contribution is -0.384. The second-order valence-corrected chi connectivity index (χ2v) is 2.97. The quantitative estimate of drug-likeness (QED) is 0.466. The first-order valence-corrected chi connectivity index (χ1v) is 4.77. The summed E-state index contributed by atoms with van der Waals surface area (Å²) in [5.74, 6) is -0.394. The van der Waals surface area contributed by atoms with Crippen LogP contribution in [0.5, 0.6) is 0 Å². The van der Waals surface area contributed by atoms with Gasteiger partial charge < -0.3 is 10.1 Å². The maximum atomic E-state index is 11.0. The molecule has 0 bridgehead atoms. The number of benzene rings is 1. The van der Waals surface area contributed by atoms with E-state index in [4.69, 9.17) is 4.74 Å². The van der Waals surface area contributed by atoms with Crippen molar-refractivity contribution < 1.29 is 14.5 Å². The summed E-state index contributed by atoms with van der Waals surface area (Å²) in [5.41, 5.74) is 0.496. The molecule has 0 heterocycles. The topological polar surface area (TPSA) is 81.5 Å². The van der Waals surface area contributed by atoms with Crippen LogP contribution in [-0.4, -0.2) is 24.0 Å². The highest BCUT2D eigenvalue weighted by molar-refractivity contribution is 5.75. The molecule has 1 aromatic carbocycles. The molecule has 1 aromatic rings. The van der Waals surface area contributed by atoms with Crippen LogP contribution < -0.4 is 5.32 Å². The normalized spacial score (nSPS) is 9.56. The Labute approximate surface area is 92.4 Å². The van der Waals surface area contributed by atoms with E-state index >= 15 is 0 Å². The summed E-state index contributed by atoms with van der Waals surface area (Å²) in [6.45, 7) is 2.02. The summed E-state index contributed by atoms with van der Waals surface area (Å²) >= 11 is 0. The Balaban J connectivity index is 2.57. The number of esters is 1. The van der Waals surface area contributed by atoms with Crippen LogP contribution in [0.1, 0.15) is 6.92 Å². The highest BCUT2D eigenvalue weighted by Crippen LogP contribution is 2.16. The Morgan fingerprint density at radius 1 is 1.56 bits per heavy atom. The lowest BCUT2D eigenvalue weighted by atomic mass is 10.3. The van der Waals surface area contributed by atoms with Crippen LogP contribution in [0.25, 0.3) is 0 Å². The van der Waals surface area contributed by atoms with Crippen LogP contribution in [-0.2, 0) is 9.53 Å². The molecule has 0 saturated heterocycles. The van der Waals surface area contributed by atoms with Gasteiger partial charge in [0.25, 0.3) is 5.69 Å². The monoisotopic (exact) mass is 224 g/mol. The van der Waals surface area contributed by atoms with Crippen molar-refractivity contribution in [2.75, 3.05) is 18.5 Å².